The van der Waals surface area contributed by atoms with Gasteiger partial charge in [-0.2, -0.15) is 0 Å². The van der Waals surface area contributed by atoms with E-state index in [9.17, 15) is 0 Å². The summed E-state index contributed by atoms with van der Waals surface area (Å²) in [4.78, 5) is 0. The average Bonchev–Trinajstić information content (AvgIpc) is 1.50. The average molecular weight is 165 g/mol. The molecule has 0 radical (unpaired) electrons. The van der Waals surface area contributed by atoms with E-state index in [1.807, 2.05) is 0 Å². The number of rotatable bonds is 0. The molecule has 0 aromatic carbocycles. The molecule has 32 valence electrons. The molecule has 0 bridgehead atoms. The maximum absolute atomic E-state index is 7.88. The Bertz CT molecular complexity index is 8.00. The van der Waals surface area contributed by atoms with Crippen LogP contribution in [0.2, 0.25) is 0 Å². The maximum atomic E-state index is 7.88. The van der Waals surface area contributed by atoms with E-state index in [0.29, 0.717) is 0 Å². The van der Waals surface area contributed by atoms with Gasteiger partial charge in [-0.1, -0.05) is 0 Å². The van der Waals surface area contributed by atoms with E-state index >= 15 is 0 Å². The molecular formula is Ni2OS. The molecule has 0 atom stereocenters. The summed E-state index contributed by atoms with van der Waals surface area (Å²) in [5, 5.41) is 0. The molecule has 0 fully saturated rings. The molecule has 0 saturated carbocycles. The number of hydrogen-bond acceptors (Lipinski definition) is 2. The summed E-state index contributed by atoms with van der Waals surface area (Å²) in [6, 6.07) is 0. The van der Waals surface area contributed by atoms with Crippen LogP contribution in [0.25, 0.3) is 0 Å². The Kier molecular flexibility index (Phi) is 79.4. The van der Waals surface area contributed by atoms with Crippen molar-refractivity contribution in [3.8, 4) is 0 Å². The van der Waals surface area contributed by atoms with Crippen LogP contribution in [0, 0.1) is 0 Å². The van der Waals surface area contributed by atoms with Gasteiger partial charge in [0.1, 0.15) is 0 Å². The van der Waals surface area contributed by atoms with Crippen molar-refractivity contribution in [2.45, 2.75) is 0 Å². The van der Waals surface area contributed by atoms with Crippen molar-refractivity contribution in [2.75, 3.05) is 0 Å². The van der Waals surface area contributed by atoms with Crippen molar-refractivity contribution in [3.63, 3.8) is 0 Å². The molecule has 0 rings (SSSR count). The monoisotopic (exact) mass is 164 g/mol. The van der Waals surface area contributed by atoms with Crippen LogP contribution in [0.3, 0.4) is 0 Å². The molecule has 0 aromatic heterocycles. The fourth-order valence-electron chi connectivity index (χ4n) is 0. The second kappa shape index (κ2) is 35.7. The van der Waals surface area contributed by atoms with Gasteiger partial charge in [-0.05, 0) is 0 Å². The van der Waals surface area contributed by atoms with E-state index < -0.39 is 0 Å². The van der Waals surface area contributed by atoms with Gasteiger partial charge >= 0.3 is 43.8 Å². The normalized spacial score (nSPS) is 3.00. The molecule has 4 heteroatoms. The summed E-state index contributed by atoms with van der Waals surface area (Å²) >= 11 is 6.08. The van der Waals surface area contributed by atoms with Gasteiger partial charge < -0.3 is 0 Å². The molecule has 0 N–H and O–H groups in total. The zero-order valence-electron chi connectivity index (χ0n) is 1.45. The first kappa shape index (κ1) is 8.89. The molecule has 0 aliphatic rings. The molecular weight excluding hydrogens is 165 g/mol. The van der Waals surface area contributed by atoms with Gasteiger partial charge in [-0.15, -0.1) is 0 Å². The third kappa shape index (κ3) is 11.9. The molecule has 1 nitrogen and oxygen atoms in total. The Balaban J connectivity index is 0. The molecule has 4 heavy (non-hydrogen) atoms. The van der Waals surface area contributed by atoms with E-state index in [2.05, 4.69) is 39.9 Å². The molecule has 0 unspecified atom stereocenters. The van der Waals surface area contributed by atoms with E-state index in [4.69, 9.17) is 3.90 Å². The van der Waals surface area contributed by atoms with Crippen molar-refractivity contribution < 1.29 is 33.2 Å². The molecule has 0 amide bonds. The summed E-state index contributed by atoms with van der Waals surface area (Å²) in [5.74, 6) is 0. The third-order valence-corrected chi connectivity index (χ3v) is 0. The van der Waals surface area contributed by atoms with Crippen LogP contribution in [0.5, 0.6) is 0 Å². The minimum absolute atomic E-state index is 2.62. The Morgan fingerprint density at radius 1 is 1.25 bits per heavy atom. The van der Waals surface area contributed by atoms with Crippen LogP contribution in [-0.4, -0.2) is 0 Å². The van der Waals surface area contributed by atoms with Gasteiger partial charge in [-0.25, -0.2) is 0 Å². The zero-order valence-corrected chi connectivity index (χ0v) is 4.24. The van der Waals surface area contributed by atoms with E-state index in [1.165, 1.54) is 0 Å². The van der Waals surface area contributed by atoms with Crippen LogP contribution >= 0.6 is 10.7 Å². The van der Waals surface area contributed by atoms with Gasteiger partial charge in [0.2, 0.25) is 0 Å². The molecule has 0 aromatic rings. The summed E-state index contributed by atoms with van der Waals surface area (Å²) in [6.07, 6.45) is 0. The van der Waals surface area contributed by atoms with Crippen molar-refractivity contribution in [1.82, 2.24) is 0 Å². The Morgan fingerprint density at radius 2 is 1.25 bits per heavy atom. The summed E-state index contributed by atoms with van der Waals surface area (Å²) in [5.41, 5.74) is 0. The van der Waals surface area contributed by atoms with Gasteiger partial charge in [0.25, 0.3) is 0 Å². The topological polar surface area (TPSA) is 17.1 Å². The predicted molar refractivity (Wildman–Crippen MR) is 8.28 cm³/mol. The summed E-state index contributed by atoms with van der Waals surface area (Å²) < 4.78 is 7.88. The van der Waals surface area contributed by atoms with Crippen molar-refractivity contribution in [2.24, 2.45) is 0 Å². The first-order chi connectivity index (χ1) is 2.00. The van der Waals surface area contributed by atoms with E-state index in [1.54, 1.807) is 0 Å². The van der Waals surface area contributed by atoms with Gasteiger partial charge in [-0.3, -0.25) is 0 Å². The van der Waals surface area contributed by atoms with Crippen LogP contribution in [0.4, 0.5) is 0 Å². The van der Waals surface area contributed by atoms with Crippen LogP contribution in [0.15, 0.2) is 0 Å². The van der Waals surface area contributed by atoms with Crippen LogP contribution in [-0.2, 0) is 33.2 Å². The molecule has 0 saturated heterocycles. The molecule has 0 heterocycles. The van der Waals surface area contributed by atoms with Gasteiger partial charge in [0.15, 0.2) is 0 Å². The SMILES string of the molecule is [O]=[Ni].[S]=[Ni]. The predicted octanol–water partition coefficient (Wildman–Crippen LogP) is 0.524. The van der Waals surface area contributed by atoms with Crippen LogP contribution < -0.4 is 0 Å². The molecule has 0 aliphatic carbocycles. The summed E-state index contributed by atoms with van der Waals surface area (Å²) in [7, 11) is 3.71. The second-order valence-corrected chi connectivity index (χ2v) is 0. The van der Waals surface area contributed by atoms with E-state index in [-0.39, 0.29) is 0 Å². The van der Waals surface area contributed by atoms with Crippen molar-refractivity contribution in [1.29, 1.82) is 0 Å². The molecule has 0 aliphatic heterocycles. The Labute approximate surface area is 44.0 Å². The molecule has 0 spiro atoms. The fourth-order valence-corrected chi connectivity index (χ4v) is 0. The first-order valence-corrected chi connectivity index (χ1v) is 2.13. The quantitative estimate of drug-likeness (QED) is 0.487. The van der Waals surface area contributed by atoms with Crippen molar-refractivity contribution >= 4 is 10.7 Å². The number of hydrogen-bond donors (Lipinski definition) is 0. The van der Waals surface area contributed by atoms with Gasteiger partial charge in [0, 0.05) is 0 Å². The van der Waals surface area contributed by atoms with E-state index in [0.717, 1.165) is 0 Å². The van der Waals surface area contributed by atoms with Gasteiger partial charge in [0.05, 0.1) is 0 Å². The second-order valence-electron chi connectivity index (χ2n) is 0. The zero-order chi connectivity index (χ0) is 4.00. The fraction of sp³-hybridized carbons (Fsp3) is 0. The van der Waals surface area contributed by atoms with Crippen LogP contribution in [0.1, 0.15) is 0 Å². The van der Waals surface area contributed by atoms with Crippen molar-refractivity contribution in [3.05, 3.63) is 0 Å². The Hall–Kier alpha value is 1.01. The first-order valence-electron chi connectivity index (χ1n) is 0.258. The Morgan fingerprint density at radius 3 is 1.25 bits per heavy atom. The minimum atomic E-state index is 2.62. The standard InChI is InChI=1S/2Ni.O.S. The third-order valence-electron chi connectivity index (χ3n) is 0. The summed E-state index contributed by atoms with van der Waals surface area (Å²) in [6.45, 7) is 0.